The average molecular weight is 386 g/mol. The van der Waals surface area contributed by atoms with E-state index in [1.165, 1.54) is 12.8 Å². The molecule has 0 saturated heterocycles. The van der Waals surface area contributed by atoms with Crippen LogP contribution in [0.1, 0.15) is 48.9 Å². The van der Waals surface area contributed by atoms with E-state index in [4.69, 9.17) is 17.3 Å². The minimum Gasteiger partial charge on any atom is -0.352 e. The van der Waals surface area contributed by atoms with Crippen LogP contribution in [0.5, 0.6) is 0 Å². The fraction of sp³-hybridized carbons (Fsp3) is 0.556. The average Bonchev–Trinajstić information content (AvgIpc) is 3.38. The van der Waals surface area contributed by atoms with Crippen LogP contribution in [-0.2, 0) is 4.79 Å². The Labute approximate surface area is 159 Å². The van der Waals surface area contributed by atoms with Crippen LogP contribution < -0.4 is 16.4 Å². The maximum absolute atomic E-state index is 12.5. The smallest absolute Gasteiger partial charge is 0.253 e. The number of benzene rings is 1. The number of amides is 2. The first-order chi connectivity index (χ1) is 11.5. The second kappa shape index (κ2) is 8.88. The third-order valence-electron chi connectivity index (χ3n) is 4.82. The van der Waals surface area contributed by atoms with Gasteiger partial charge in [-0.3, -0.25) is 9.59 Å². The minimum atomic E-state index is -0.194. The van der Waals surface area contributed by atoms with Gasteiger partial charge < -0.3 is 16.4 Å². The third-order valence-corrected chi connectivity index (χ3v) is 5.05. The summed E-state index contributed by atoms with van der Waals surface area (Å²) in [6.07, 6.45) is 5.82. The quantitative estimate of drug-likeness (QED) is 0.726. The molecule has 25 heavy (non-hydrogen) atoms. The van der Waals surface area contributed by atoms with Gasteiger partial charge in [0.05, 0.1) is 11.3 Å². The summed E-state index contributed by atoms with van der Waals surface area (Å²) in [4.78, 5) is 24.9. The second-order valence-electron chi connectivity index (χ2n) is 6.96. The Kier molecular flexibility index (Phi) is 7.11. The van der Waals surface area contributed by atoms with Crippen molar-refractivity contribution >= 4 is 41.5 Å². The molecule has 0 bridgehead atoms. The van der Waals surface area contributed by atoms with Crippen LogP contribution in [0.4, 0.5) is 5.69 Å². The Balaban J connectivity index is 0.00000225. The molecule has 1 aromatic rings. The van der Waals surface area contributed by atoms with Crippen LogP contribution in [0.3, 0.4) is 0 Å². The van der Waals surface area contributed by atoms with E-state index in [0.717, 1.165) is 19.3 Å². The third kappa shape index (κ3) is 5.59. The molecule has 2 saturated carbocycles. The molecule has 2 fully saturated rings. The van der Waals surface area contributed by atoms with Crippen molar-refractivity contribution in [2.45, 2.75) is 44.6 Å². The highest BCUT2D eigenvalue weighted by Gasteiger charge is 2.27. The molecule has 3 rings (SSSR count). The molecular formula is C18H25Cl2N3O2. The normalized spacial score (nSPS) is 22.6. The number of nitrogens with one attached hydrogen (secondary N) is 2. The number of hydrogen-bond acceptors (Lipinski definition) is 3. The van der Waals surface area contributed by atoms with Crippen LogP contribution in [0.25, 0.3) is 0 Å². The van der Waals surface area contributed by atoms with E-state index in [0.29, 0.717) is 35.2 Å². The summed E-state index contributed by atoms with van der Waals surface area (Å²) in [5, 5.41) is 6.29. The van der Waals surface area contributed by atoms with Gasteiger partial charge >= 0.3 is 0 Å². The molecule has 4 N–H and O–H groups in total. The van der Waals surface area contributed by atoms with E-state index in [-0.39, 0.29) is 36.2 Å². The highest BCUT2D eigenvalue weighted by molar-refractivity contribution is 6.31. The molecule has 138 valence electrons. The van der Waals surface area contributed by atoms with Gasteiger partial charge in [0.25, 0.3) is 5.91 Å². The van der Waals surface area contributed by atoms with Gasteiger partial charge in [-0.05, 0) is 56.2 Å². The predicted octanol–water partition coefficient (Wildman–Crippen LogP) is 3.36. The van der Waals surface area contributed by atoms with Gasteiger partial charge in [-0.25, -0.2) is 0 Å². The standard InChI is InChI=1S/C18H24ClN3O2.ClH/c19-13-6-7-16(15(9-13)18(24)21-10-11-4-5-11)22-17(23)12-2-1-3-14(20)8-12;/h6-7,9,11-12,14H,1-5,8,10,20H2,(H,21,24)(H,22,23);1H. The summed E-state index contributed by atoms with van der Waals surface area (Å²) in [5.41, 5.74) is 6.89. The lowest BCUT2D eigenvalue weighted by molar-refractivity contribution is -0.120. The van der Waals surface area contributed by atoms with Crippen molar-refractivity contribution in [1.82, 2.24) is 5.32 Å². The Hall–Kier alpha value is -1.30. The fourth-order valence-corrected chi connectivity index (χ4v) is 3.34. The van der Waals surface area contributed by atoms with Crippen LogP contribution in [0.15, 0.2) is 18.2 Å². The van der Waals surface area contributed by atoms with Crippen molar-refractivity contribution in [1.29, 1.82) is 0 Å². The van der Waals surface area contributed by atoms with E-state index in [1.807, 2.05) is 0 Å². The van der Waals surface area contributed by atoms with Crippen LogP contribution in [0.2, 0.25) is 5.02 Å². The van der Waals surface area contributed by atoms with Gasteiger partial charge in [-0.2, -0.15) is 0 Å². The van der Waals surface area contributed by atoms with Gasteiger partial charge in [-0.15, -0.1) is 12.4 Å². The molecule has 1 aromatic carbocycles. The van der Waals surface area contributed by atoms with E-state index in [1.54, 1.807) is 18.2 Å². The molecule has 0 radical (unpaired) electrons. The monoisotopic (exact) mass is 385 g/mol. The first-order valence-corrected chi connectivity index (χ1v) is 9.05. The molecule has 7 heteroatoms. The topological polar surface area (TPSA) is 84.2 Å². The lowest BCUT2D eigenvalue weighted by Gasteiger charge is -2.26. The zero-order chi connectivity index (χ0) is 17.1. The SMILES string of the molecule is Cl.NC1CCCC(C(=O)Nc2ccc(Cl)cc2C(=O)NCC2CC2)C1. The van der Waals surface area contributed by atoms with Crippen LogP contribution >= 0.6 is 24.0 Å². The van der Waals surface area contributed by atoms with E-state index in [2.05, 4.69) is 10.6 Å². The molecular weight excluding hydrogens is 361 g/mol. The number of carbonyl (C=O) groups is 2. The van der Waals surface area contributed by atoms with Crippen molar-refractivity contribution < 1.29 is 9.59 Å². The molecule has 2 amide bonds. The van der Waals surface area contributed by atoms with E-state index in [9.17, 15) is 9.59 Å². The first kappa shape index (κ1) is 20.0. The van der Waals surface area contributed by atoms with Crippen LogP contribution in [0, 0.1) is 11.8 Å². The van der Waals surface area contributed by atoms with Crippen molar-refractivity contribution in [3.63, 3.8) is 0 Å². The van der Waals surface area contributed by atoms with Gasteiger partial charge in [0.1, 0.15) is 0 Å². The first-order valence-electron chi connectivity index (χ1n) is 8.67. The fourth-order valence-electron chi connectivity index (χ4n) is 3.17. The summed E-state index contributed by atoms with van der Waals surface area (Å²) in [5.74, 6) is 0.241. The Morgan fingerprint density at radius 1 is 1.20 bits per heavy atom. The Morgan fingerprint density at radius 2 is 1.96 bits per heavy atom. The molecule has 2 unspecified atom stereocenters. The van der Waals surface area contributed by atoms with Crippen molar-refractivity contribution in [2.24, 2.45) is 17.6 Å². The van der Waals surface area contributed by atoms with Gasteiger partial charge in [-0.1, -0.05) is 18.0 Å². The number of nitrogens with two attached hydrogens (primary N) is 1. The number of hydrogen-bond donors (Lipinski definition) is 3. The molecule has 0 heterocycles. The Morgan fingerprint density at radius 3 is 2.64 bits per heavy atom. The summed E-state index contributed by atoms with van der Waals surface area (Å²) in [6.45, 7) is 0.677. The minimum absolute atomic E-state index is 0. The summed E-state index contributed by atoms with van der Waals surface area (Å²) < 4.78 is 0. The van der Waals surface area contributed by atoms with E-state index >= 15 is 0 Å². The second-order valence-corrected chi connectivity index (χ2v) is 7.39. The molecule has 0 spiro atoms. The zero-order valence-electron chi connectivity index (χ0n) is 14.1. The number of halogens is 2. The zero-order valence-corrected chi connectivity index (χ0v) is 15.7. The lowest BCUT2D eigenvalue weighted by Crippen LogP contribution is -2.35. The number of rotatable bonds is 5. The van der Waals surface area contributed by atoms with Crippen molar-refractivity contribution in [3.8, 4) is 0 Å². The molecule has 2 aliphatic carbocycles. The highest BCUT2D eigenvalue weighted by atomic mass is 35.5. The number of anilines is 1. The molecule has 2 aliphatic rings. The van der Waals surface area contributed by atoms with Crippen molar-refractivity contribution in [3.05, 3.63) is 28.8 Å². The largest absolute Gasteiger partial charge is 0.352 e. The Bertz CT molecular complexity index is 635. The van der Waals surface area contributed by atoms with Gasteiger partial charge in [0.2, 0.25) is 5.91 Å². The van der Waals surface area contributed by atoms with E-state index < -0.39 is 0 Å². The van der Waals surface area contributed by atoms with Gasteiger partial charge in [0, 0.05) is 23.5 Å². The lowest BCUT2D eigenvalue weighted by atomic mass is 9.85. The summed E-state index contributed by atoms with van der Waals surface area (Å²) in [7, 11) is 0. The van der Waals surface area contributed by atoms with Crippen LogP contribution in [-0.4, -0.2) is 24.4 Å². The van der Waals surface area contributed by atoms with Gasteiger partial charge in [0.15, 0.2) is 0 Å². The maximum Gasteiger partial charge on any atom is 0.253 e. The highest BCUT2D eigenvalue weighted by Crippen LogP contribution is 2.29. The number of carbonyl (C=O) groups excluding carboxylic acids is 2. The maximum atomic E-state index is 12.5. The molecule has 2 atom stereocenters. The summed E-state index contributed by atoms with van der Waals surface area (Å²) >= 11 is 6.03. The molecule has 5 nitrogen and oxygen atoms in total. The molecule has 0 aliphatic heterocycles. The van der Waals surface area contributed by atoms with Crippen molar-refractivity contribution in [2.75, 3.05) is 11.9 Å². The molecule has 0 aromatic heterocycles. The predicted molar refractivity (Wildman–Crippen MR) is 102 cm³/mol. The summed E-state index contributed by atoms with van der Waals surface area (Å²) in [6, 6.07) is 5.06.